The van der Waals surface area contributed by atoms with Crippen molar-refractivity contribution < 1.29 is 0 Å². The molecule has 2 unspecified atom stereocenters. The van der Waals surface area contributed by atoms with Gasteiger partial charge in [0.15, 0.2) is 0 Å². The Labute approximate surface area is 89.6 Å². The quantitative estimate of drug-likeness (QED) is 0.485. The van der Waals surface area contributed by atoms with E-state index in [1.807, 2.05) is 0 Å². The minimum Gasteiger partial charge on any atom is -0.119 e. The molecule has 12 heavy (non-hydrogen) atoms. The Kier molecular flexibility index (Phi) is 4.01. The van der Waals surface area contributed by atoms with Crippen molar-refractivity contribution in [2.24, 2.45) is 5.92 Å². The van der Waals surface area contributed by atoms with E-state index in [1.54, 1.807) is 0 Å². The number of unbranched alkanes of at least 4 members (excludes halogenated alkanes) is 3. The summed E-state index contributed by atoms with van der Waals surface area (Å²) in [6, 6.07) is 0. The fourth-order valence-corrected chi connectivity index (χ4v) is 2.67. The lowest BCUT2D eigenvalue weighted by molar-refractivity contribution is 0.595. The fraction of sp³-hybridized carbons (Fsp3) is 1.00. The molecule has 0 aromatic heterocycles. The number of alkyl halides is 3. The minimum atomic E-state index is -0.617. The first kappa shape index (κ1) is 10.9. The van der Waals surface area contributed by atoms with Gasteiger partial charge in [-0.3, -0.25) is 0 Å². The lowest BCUT2D eigenvalue weighted by Gasteiger charge is -1.98. The molecule has 0 heterocycles. The van der Waals surface area contributed by atoms with Gasteiger partial charge in [-0.2, -0.15) is 0 Å². The maximum absolute atomic E-state index is 5.90. The van der Waals surface area contributed by atoms with Crippen LogP contribution < -0.4 is 0 Å². The molecule has 0 aliphatic heterocycles. The monoisotopic (exact) mass is 228 g/mol. The summed E-state index contributed by atoms with van der Waals surface area (Å²) in [6.07, 6.45) is 6.14. The molecule has 0 radical (unpaired) electrons. The maximum Gasteiger partial charge on any atom is 0.139 e. The van der Waals surface area contributed by atoms with Crippen LogP contribution in [0.15, 0.2) is 0 Å². The van der Waals surface area contributed by atoms with E-state index in [0.29, 0.717) is 5.92 Å². The predicted molar refractivity (Wildman–Crippen MR) is 56.3 cm³/mol. The molecule has 72 valence electrons. The molecular formula is C9H15Cl3. The smallest absolute Gasteiger partial charge is 0.119 e. The molecule has 0 bridgehead atoms. The standard InChI is InChI=1S/C9H15Cl3/c1-2-3-4-5-6-7-8(10)9(7,11)12/h7-8H,2-6H2,1H3. The highest BCUT2D eigenvalue weighted by Crippen LogP contribution is 2.59. The molecule has 0 amide bonds. The number of rotatable bonds is 5. The van der Waals surface area contributed by atoms with Gasteiger partial charge in [0.25, 0.3) is 0 Å². The average Bonchev–Trinajstić information content (AvgIpc) is 2.47. The van der Waals surface area contributed by atoms with Crippen molar-refractivity contribution in [3.05, 3.63) is 0 Å². The third-order valence-corrected chi connectivity index (χ3v) is 4.38. The summed E-state index contributed by atoms with van der Waals surface area (Å²) in [6.45, 7) is 2.20. The van der Waals surface area contributed by atoms with Crippen LogP contribution in [0.3, 0.4) is 0 Å². The molecule has 1 rings (SSSR count). The van der Waals surface area contributed by atoms with E-state index < -0.39 is 4.33 Å². The van der Waals surface area contributed by atoms with Gasteiger partial charge in [0.1, 0.15) is 4.33 Å². The van der Waals surface area contributed by atoms with E-state index in [2.05, 4.69) is 6.92 Å². The second-order valence-corrected chi connectivity index (χ2v) is 5.45. The SMILES string of the molecule is CCCCCCC1C(Cl)C1(Cl)Cl. The highest BCUT2D eigenvalue weighted by atomic mass is 35.5. The van der Waals surface area contributed by atoms with Gasteiger partial charge in [-0.15, -0.1) is 11.6 Å². The largest absolute Gasteiger partial charge is 0.139 e. The molecule has 0 nitrogen and oxygen atoms in total. The van der Waals surface area contributed by atoms with Gasteiger partial charge in [-0.25, -0.2) is 0 Å². The second-order valence-electron chi connectivity index (χ2n) is 3.53. The van der Waals surface area contributed by atoms with Gasteiger partial charge in [-0.05, 0) is 6.42 Å². The summed E-state index contributed by atoms with van der Waals surface area (Å²) in [7, 11) is 0. The molecule has 0 N–H and O–H groups in total. The van der Waals surface area contributed by atoms with Gasteiger partial charge < -0.3 is 0 Å². The summed E-state index contributed by atoms with van der Waals surface area (Å²) in [5, 5.41) is -0.0116. The predicted octanol–water partition coefficient (Wildman–Crippen LogP) is 4.37. The van der Waals surface area contributed by atoms with Gasteiger partial charge in [0.05, 0.1) is 5.38 Å². The van der Waals surface area contributed by atoms with Gasteiger partial charge in [-0.1, -0.05) is 55.8 Å². The van der Waals surface area contributed by atoms with E-state index in [0.717, 1.165) is 6.42 Å². The molecule has 1 aliphatic rings. The second kappa shape index (κ2) is 4.39. The molecule has 2 atom stereocenters. The normalized spacial score (nSPS) is 32.0. The maximum atomic E-state index is 5.90. The van der Waals surface area contributed by atoms with Crippen LogP contribution in [0.2, 0.25) is 0 Å². The summed E-state index contributed by atoms with van der Waals surface area (Å²) in [4.78, 5) is 0. The van der Waals surface area contributed by atoms with Gasteiger partial charge in [0, 0.05) is 5.92 Å². The van der Waals surface area contributed by atoms with Crippen LogP contribution in [0, 0.1) is 5.92 Å². The first-order valence-corrected chi connectivity index (χ1v) is 5.81. The van der Waals surface area contributed by atoms with E-state index in [4.69, 9.17) is 34.8 Å². The Morgan fingerprint density at radius 1 is 1.17 bits per heavy atom. The Balaban J connectivity index is 2.03. The van der Waals surface area contributed by atoms with Crippen LogP contribution in [0.1, 0.15) is 39.0 Å². The van der Waals surface area contributed by atoms with Crippen molar-refractivity contribution in [1.82, 2.24) is 0 Å². The topological polar surface area (TPSA) is 0 Å². The highest BCUT2D eigenvalue weighted by molar-refractivity contribution is 6.56. The van der Waals surface area contributed by atoms with E-state index >= 15 is 0 Å². The summed E-state index contributed by atoms with van der Waals surface area (Å²) >= 11 is 17.7. The highest BCUT2D eigenvalue weighted by Gasteiger charge is 2.61. The van der Waals surface area contributed by atoms with E-state index in [1.165, 1.54) is 25.7 Å². The van der Waals surface area contributed by atoms with Crippen LogP contribution in [0.5, 0.6) is 0 Å². The van der Waals surface area contributed by atoms with Crippen molar-refractivity contribution in [2.45, 2.75) is 48.7 Å². The van der Waals surface area contributed by atoms with Crippen molar-refractivity contribution in [2.75, 3.05) is 0 Å². The van der Waals surface area contributed by atoms with Crippen LogP contribution in [0.4, 0.5) is 0 Å². The van der Waals surface area contributed by atoms with Crippen molar-refractivity contribution in [3.8, 4) is 0 Å². The van der Waals surface area contributed by atoms with E-state index in [9.17, 15) is 0 Å². The average molecular weight is 230 g/mol. The lowest BCUT2D eigenvalue weighted by Crippen LogP contribution is -1.90. The number of hydrogen-bond acceptors (Lipinski definition) is 0. The molecule has 0 aromatic rings. The molecule has 1 saturated carbocycles. The van der Waals surface area contributed by atoms with Gasteiger partial charge >= 0.3 is 0 Å². The number of hydrogen-bond donors (Lipinski definition) is 0. The van der Waals surface area contributed by atoms with E-state index in [-0.39, 0.29) is 5.38 Å². The Morgan fingerprint density at radius 3 is 2.17 bits per heavy atom. The Hall–Kier alpha value is 0.870. The van der Waals surface area contributed by atoms with Crippen molar-refractivity contribution in [1.29, 1.82) is 0 Å². The molecule has 3 heteroatoms. The lowest BCUT2D eigenvalue weighted by atomic mass is 10.1. The first-order chi connectivity index (χ1) is 5.60. The van der Waals surface area contributed by atoms with Crippen molar-refractivity contribution >= 4 is 34.8 Å². The zero-order valence-corrected chi connectivity index (χ0v) is 9.59. The molecular weight excluding hydrogens is 214 g/mol. The third-order valence-electron chi connectivity index (χ3n) is 2.47. The summed E-state index contributed by atoms with van der Waals surface area (Å²) in [5.41, 5.74) is 0. The first-order valence-electron chi connectivity index (χ1n) is 4.62. The Morgan fingerprint density at radius 2 is 1.75 bits per heavy atom. The fourth-order valence-electron chi connectivity index (χ4n) is 1.48. The van der Waals surface area contributed by atoms with Crippen LogP contribution in [0.25, 0.3) is 0 Å². The zero-order valence-electron chi connectivity index (χ0n) is 7.32. The molecule has 0 spiro atoms. The van der Waals surface area contributed by atoms with Crippen LogP contribution in [-0.2, 0) is 0 Å². The molecule has 1 aliphatic carbocycles. The van der Waals surface area contributed by atoms with Crippen LogP contribution >= 0.6 is 34.8 Å². The molecule has 0 saturated heterocycles. The summed E-state index contributed by atoms with van der Waals surface area (Å²) in [5.74, 6) is 0.333. The number of halogens is 3. The molecule has 1 fully saturated rings. The Bertz CT molecular complexity index is 145. The van der Waals surface area contributed by atoms with Crippen LogP contribution in [-0.4, -0.2) is 9.71 Å². The van der Waals surface area contributed by atoms with Crippen molar-refractivity contribution in [3.63, 3.8) is 0 Å². The summed E-state index contributed by atoms with van der Waals surface area (Å²) < 4.78 is -0.617. The third kappa shape index (κ3) is 2.43. The zero-order chi connectivity index (χ0) is 9.19. The van der Waals surface area contributed by atoms with Gasteiger partial charge in [0.2, 0.25) is 0 Å². The minimum absolute atomic E-state index is 0.0116. The molecule has 0 aromatic carbocycles.